The van der Waals surface area contributed by atoms with Gasteiger partial charge in [-0.1, -0.05) is 23.7 Å². The third kappa shape index (κ3) is 4.89. The van der Waals surface area contributed by atoms with E-state index in [0.717, 1.165) is 0 Å². The summed E-state index contributed by atoms with van der Waals surface area (Å²) in [7, 11) is 0. The molecule has 21 heavy (non-hydrogen) atoms. The zero-order valence-corrected chi connectivity index (χ0v) is 12.1. The maximum atomic E-state index is 11.7. The first kappa shape index (κ1) is 15.0. The van der Waals surface area contributed by atoms with Gasteiger partial charge in [0.2, 0.25) is 0 Å². The van der Waals surface area contributed by atoms with Gasteiger partial charge in [0.1, 0.15) is 12.4 Å². The number of nitrogens with one attached hydrogen (secondary N) is 2. The van der Waals surface area contributed by atoms with Crippen LogP contribution in [-0.4, -0.2) is 19.2 Å². The minimum atomic E-state index is -0.330. The van der Waals surface area contributed by atoms with Crippen LogP contribution in [0.1, 0.15) is 0 Å². The summed E-state index contributed by atoms with van der Waals surface area (Å²) >= 11 is 5.95. The third-order valence-corrected chi connectivity index (χ3v) is 2.99. The van der Waals surface area contributed by atoms with E-state index < -0.39 is 0 Å². The second-order valence-electron chi connectivity index (χ2n) is 4.28. The minimum absolute atomic E-state index is 0.330. The van der Waals surface area contributed by atoms with Crippen LogP contribution in [0.5, 0.6) is 5.75 Å². The summed E-state index contributed by atoms with van der Waals surface area (Å²) in [6.07, 6.45) is 0. The molecule has 4 N–H and O–H groups in total. The molecule has 0 atom stereocenters. The quantitative estimate of drug-likeness (QED) is 0.587. The number of benzene rings is 2. The lowest BCUT2D eigenvalue weighted by molar-refractivity contribution is 0.247. The molecule has 2 rings (SSSR count). The van der Waals surface area contributed by atoms with Crippen molar-refractivity contribution in [2.75, 3.05) is 24.2 Å². The van der Waals surface area contributed by atoms with Crippen molar-refractivity contribution in [3.8, 4) is 5.75 Å². The van der Waals surface area contributed by atoms with E-state index in [1.165, 1.54) is 0 Å². The Balaban J connectivity index is 1.70. The summed E-state index contributed by atoms with van der Waals surface area (Å²) in [6, 6.07) is 13.8. The van der Waals surface area contributed by atoms with Crippen molar-refractivity contribution in [3.05, 3.63) is 53.6 Å². The van der Waals surface area contributed by atoms with Crippen LogP contribution >= 0.6 is 11.6 Å². The molecule has 0 unspecified atom stereocenters. The summed E-state index contributed by atoms with van der Waals surface area (Å²) in [6.45, 7) is 0.737. The first-order valence-corrected chi connectivity index (χ1v) is 6.80. The molecule has 0 radical (unpaired) electrons. The second kappa shape index (κ2) is 7.40. The predicted molar refractivity (Wildman–Crippen MR) is 84.8 cm³/mol. The fourth-order valence-corrected chi connectivity index (χ4v) is 1.81. The predicted octanol–water partition coefficient (Wildman–Crippen LogP) is 3.12. The monoisotopic (exact) mass is 305 g/mol. The Labute approximate surface area is 128 Å². The molecule has 0 aliphatic carbocycles. The van der Waals surface area contributed by atoms with Gasteiger partial charge in [0.05, 0.1) is 17.3 Å². The molecular formula is C15H16ClN3O2. The zero-order chi connectivity index (χ0) is 15.1. The number of para-hydroxylation sites is 1. The van der Waals surface area contributed by atoms with E-state index in [1.54, 1.807) is 48.5 Å². The molecule has 0 spiro atoms. The topological polar surface area (TPSA) is 76.4 Å². The van der Waals surface area contributed by atoms with Gasteiger partial charge in [0, 0.05) is 5.69 Å². The molecular weight excluding hydrogens is 290 g/mol. The van der Waals surface area contributed by atoms with Crippen LogP contribution < -0.4 is 21.1 Å². The van der Waals surface area contributed by atoms with Crippen molar-refractivity contribution in [1.29, 1.82) is 0 Å². The van der Waals surface area contributed by atoms with Gasteiger partial charge in [-0.2, -0.15) is 0 Å². The molecule has 0 fully saturated rings. The average Bonchev–Trinajstić information content (AvgIpc) is 2.48. The van der Waals surface area contributed by atoms with E-state index in [0.29, 0.717) is 35.3 Å². The van der Waals surface area contributed by atoms with Crippen LogP contribution in [0.25, 0.3) is 0 Å². The number of carbonyl (C=O) groups excluding carboxylic acids is 1. The molecule has 0 saturated heterocycles. The molecule has 2 aromatic rings. The fraction of sp³-hybridized carbons (Fsp3) is 0.133. The first-order valence-electron chi connectivity index (χ1n) is 6.43. The molecule has 0 bridgehead atoms. The van der Waals surface area contributed by atoms with Crippen molar-refractivity contribution in [1.82, 2.24) is 5.32 Å². The Hall–Kier alpha value is -2.40. The average molecular weight is 306 g/mol. The lowest BCUT2D eigenvalue weighted by Gasteiger charge is -2.10. The smallest absolute Gasteiger partial charge is 0.319 e. The number of anilines is 2. The molecule has 0 aromatic heterocycles. The van der Waals surface area contributed by atoms with Gasteiger partial charge in [-0.3, -0.25) is 0 Å². The fourth-order valence-electron chi connectivity index (χ4n) is 1.63. The number of ether oxygens (including phenoxy) is 1. The number of nitrogens with two attached hydrogens (primary N) is 1. The van der Waals surface area contributed by atoms with Crippen LogP contribution in [0.15, 0.2) is 48.5 Å². The van der Waals surface area contributed by atoms with Crippen molar-refractivity contribution < 1.29 is 9.53 Å². The molecule has 2 amide bonds. The molecule has 0 saturated carbocycles. The molecule has 0 heterocycles. The highest BCUT2D eigenvalue weighted by Crippen LogP contribution is 2.20. The highest BCUT2D eigenvalue weighted by atomic mass is 35.5. The summed E-state index contributed by atoms with van der Waals surface area (Å²) in [5.41, 5.74) is 6.82. The van der Waals surface area contributed by atoms with Gasteiger partial charge in [-0.25, -0.2) is 4.79 Å². The van der Waals surface area contributed by atoms with E-state index in [4.69, 9.17) is 22.1 Å². The summed E-state index contributed by atoms with van der Waals surface area (Å²) in [4.78, 5) is 11.7. The first-order chi connectivity index (χ1) is 10.1. The van der Waals surface area contributed by atoms with E-state index in [-0.39, 0.29) is 6.03 Å². The number of carbonyl (C=O) groups is 1. The highest BCUT2D eigenvalue weighted by Gasteiger charge is 2.04. The van der Waals surface area contributed by atoms with Gasteiger partial charge in [0.15, 0.2) is 0 Å². The number of halogens is 1. The van der Waals surface area contributed by atoms with Crippen LogP contribution in [0.3, 0.4) is 0 Å². The number of rotatable bonds is 5. The molecule has 6 heteroatoms. The van der Waals surface area contributed by atoms with E-state index in [9.17, 15) is 4.79 Å². The number of nitrogen functional groups attached to an aromatic ring is 1. The number of amides is 2. The van der Waals surface area contributed by atoms with Crippen molar-refractivity contribution in [3.63, 3.8) is 0 Å². The van der Waals surface area contributed by atoms with Gasteiger partial charge < -0.3 is 21.1 Å². The van der Waals surface area contributed by atoms with Crippen molar-refractivity contribution >= 4 is 29.0 Å². The Bertz CT molecular complexity index is 602. The van der Waals surface area contributed by atoms with E-state index in [2.05, 4.69) is 10.6 Å². The molecule has 0 aliphatic rings. The van der Waals surface area contributed by atoms with Crippen LogP contribution in [0.2, 0.25) is 5.02 Å². The zero-order valence-electron chi connectivity index (χ0n) is 11.3. The maximum Gasteiger partial charge on any atom is 0.319 e. The van der Waals surface area contributed by atoms with Crippen LogP contribution in [-0.2, 0) is 0 Å². The SMILES string of the molecule is Nc1ccc(OCCNC(=O)Nc2ccccc2Cl)cc1. The standard InChI is InChI=1S/C15H16ClN3O2/c16-13-3-1-2-4-14(13)19-15(20)18-9-10-21-12-7-5-11(17)6-8-12/h1-8H,9-10,17H2,(H2,18,19,20). The highest BCUT2D eigenvalue weighted by molar-refractivity contribution is 6.33. The second-order valence-corrected chi connectivity index (χ2v) is 4.69. The number of hydrogen-bond donors (Lipinski definition) is 3. The lowest BCUT2D eigenvalue weighted by atomic mass is 10.3. The summed E-state index contributed by atoms with van der Waals surface area (Å²) < 4.78 is 5.46. The van der Waals surface area contributed by atoms with Gasteiger partial charge in [-0.15, -0.1) is 0 Å². The normalized spacial score (nSPS) is 9.95. The van der Waals surface area contributed by atoms with Gasteiger partial charge >= 0.3 is 6.03 Å². The number of urea groups is 1. The van der Waals surface area contributed by atoms with Crippen molar-refractivity contribution in [2.24, 2.45) is 0 Å². The van der Waals surface area contributed by atoms with E-state index in [1.807, 2.05) is 0 Å². The molecule has 0 aliphatic heterocycles. The number of hydrogen-bond acceptors (Lipinski definition) is 3. The largest absolute Gasteiger partial charge is 0.492 e. The van der Waals surface area contributed by atoms with Crippen LogP contribution in [0, 0.1) is 0 Å². The van der Waals surface area contributed by atoms with E-state index >= 15 is 0 Å². The van der Waals surface area contributed by atoms with Crippen molar-refractivity contribution in [2.45, 2.75) is 0 Å². The maximum absolute atomic E-state index is 11.7. The Morgan fingerprint density at radius 3 is 2.57 bits per heavy atom. The summed E-state index contributed by atoms with van der Waals surface area (Å²) in [5.74, 6) is 0.706. The minimum Gasteiger partial charge on any atom is -0.492 e. The van der Waals surface area contributed by atoms with Crippen LogP contribution in [0.4, 0.5) is 16.2 Å². The van der Waals surface area contributed by atoms with Gasteiger partial charge in [-0.05, 0) is 36.4 Å². The molecule has 5 nitrogen and oxygen atoms in total. The molecule has 110 valence electrons. The third-order valence-electron chi connectivity index (χ3n) is 2.66. The Morgan fingerprint density at radius 2 is 1.86 bits per heavy atom. The Morgan fingerprint density at radius 1 is 1.14 bits per heavy atom. The molecule has 2 aromatic carbocycles. The lowest BCUT2D eigenvalue weighted by Crippen LogP contribution is -2.32. The summed E-state index contributed by atoms with van der Waals surface area (Å²) in [5, 5.41) is 5.84. The Kier molecular flexibility index (Phi) is 5.29. The van der Waals surface area contributed by atoms with Gasteiger partial charge in [0.25, 0.3) is 0 Å².